The second kappa shape index (κ2) is 7.29. The molecule has 0 saturated heterocycles. The van der Waals surface area contributed by atoms with Gasteiger partial charge in [-0.1, -0.05) is 17.7 Å². The molecule has 0 aliphatic rings. The number of pyridine rings is 1. The van der Waals surface area contributed by atoms with E-state index in [2.05, 4.69) is 20.6 Å². The Labute approximate surface area is 148 Å². The van der Waals surface area contributed by atoms with Crippen LogP contribution in [-0.4, -0.2) is 21.0 Å². The lowest BCUT2D eigenvalue weighted by Gasteiger charge is -2.07. The number of thiocarbonyl (C=S) groups is 1. The van der Waals surface area contributed by atoms with Crippen molar-refractivity contribution in [2.45, 2.75) is 6.92 Å². The molecule has 2 aromatic heterocycles. The maximum absolute atomic E-state index is 12.1. The van der Waals surface area contributed by atoms with Gasteiger partial charge in [-0.25, -0.2) is 4.98 Å². The molecule has 7 heteroatoms. The quantitative estimate of drug-likeness (QED) is 0.703. The van der Waals surface area contributed by atoms with Gasteiger partial charge >= 0.3 is 0 Å². The van der Waals surface area contributed by atoms with Crippen LogP contribution in [-0.2, 0) is 0 Å². The van der Waals surface area contributed by atoms with Crippen molar-refractivity contribution in [2.75, 3.05) is 5.32 Å². The van der Waals surface area contributed by atoms with E-state index in [9.17, 15) is 4.79 Å². The average molecular weight is 354 g/mol. The van der Waals surface area contributed by atoms with Crippen LogP contribution < -0.4 is 10.6 Å². The molecule has 24 heavy (non-hydrogen) atoms. The molecule has 0 unspecified atom stereocenters. The van der Waals surface area contributed by atoms with E-state index in [1.54, 1.807) is 24.5 Å². The zero-order valence-corrected chi connectivity index (χ0v) is 14.4. The van der Waals surface area contributed by atoms with E-state index in [4.69, 9.17) is 12.2 Å². The first kappa shape index (κ1) is 16.2. The summed E-state index contributed by atoms with van der Waals surface area (Å²) < 4.78 is 0. The highest BCUT2D eigenvalue weighted by Crippen LogP contribution is 2.23. The van der Waals surface area contributed by atoms with Crippen molar-refractivity contribution in [3.05, 3.63) is 65.3 Å². The molecule has 2 heterocycles. The number of nitrogens with one attached hydrogen (secondary N) is 2. The lowest BCUT2D eigenvalue weighted by Crippen LogP contribution is -2.34. The Bertz CT molecular complexity index is 860. The van der Waals surface area contributed by atoms with Crippen LogP contribution in [0.15, 0.2) is 54.2 Å². The van der Waals surface area contributed by atoms with E-state index < -0.39 is 0 Å². The van der Waals surface area contributed by atoms with Crippen molar-refractivity contribution in [3.63, 3.8) is 0 Å². The van der Waals surface area contributed by atoms with Gasteiger partial charge in [0, 0.05) is 28.9 Å². The normalized spacial score (nSPS) is 10.2. The number of carbonyl (C=O) groups excluding carboxylic acids is 1. The van der Waals surface area contributed by atoms with Crippen LogP contribution in [0.5, 0.6) is 0 Å². The third kappa shape index (κ3) is 4.01. The first-order chi connectivity index (χ1) is 11.6. The van der Waals surface area contributed by atoms with Crippen molar-refractivity contribution in [3.8, 4) is 11.3 Å². The van der Waals surface area contributed by atoms with Gasteiger partial charge in [-0.05, 0) is 43.4 Å². The number of thiazole rings is 1. The number of benzene rings is 1. The summed E-state index contributed by atoms with van der Waals surface area (Å²) in [6.07, 6.45) is 3.46. The number of rotatable bonds is 3. The van der Waals surface area contributed by atoms with Crippen LogP contribution >= 0.6 is 23.6 Å². The molecule has 0 saturated carbocycles. The second-order valence-corrected chi connectivity index (χ2v) is 6.32. The highest BCUT2D eigenvalue weighted by molar-refractivity contribution is 7.80. The standard InChI is InChI=1S/C17H14N4OS2/c1-11-4-6-12(7-5-11)15(22)20-16(23)21-17-19-14(10-24-17)13-3-2-8-18-9-13/h2-10H,1H3,(H2,19,20,21,22,23). The van der Waals surface area contributed by atoms with Crippen LogP contribution in [0.2, 0.25) is 0 Å². The van der Waals surface area contributed by atoms with Gasteiger partial charge in [-0.3, -0.25) is 15.1 Å². The Morgan fingerprint density at radius 2 is 2.00 bits per heavy atom. The summed E-state index contributed by atoms with van der Waals surface area (Å²) in [5.41, 5.74) is 3.39. The molecule has 0 atom stereocenters. The van der Waals surface area contributed by atoms with E-state index in [-0.39, 0.29) is 11.0 Å². The van der Waals surface area contributed by atoms with Crippen molar-refractivity contribution < 1.29 is 4.79 Å². The molecule has 0 radical (unpaired) electrons. The largest absolute Gasteiger partial charge is 0.308 e. The number of carbonyl (C=O) groups is 1. The minimum atomic E-state index is -0.253. The maximum atomic E-state index is 12.1. The fourth-order valence-corrected chi connectivity index (χ4v) is 2.96. The highest BCUT2D eigenvalue weighted by atomic mass is 32.1. The Morgan fingerprint density at radius 1 is 1.21 bits per heavy atom. The average Bonchev–Trinajstić information content (AvgIpc) is 3.04. The third-order valence-electron chi connectivity index (χ3n) is 3.22. The monoisotopic (exact) mass is 354 g/mol. The molecule has 0 spiro atoms. The van der Waals surface area contributed by atoms with Crippen molar-refractivity contribution >= 4 is 39.7 Å². The van der Waals surface area contributed by atoms with Crippen LogP contribution in [0.25, 0.3) is 11.3 Å². The molecule has 0 aliphatic carbocycles. The summed E-state index contributed by atoms with van der Waals surface area (Å²) in [5, 5.41) is 8.32. The molecule has 120 valence electrons. The number of hydrogen-bond acceptors (Lipinski definition) is 5. The number of aryl methyl sites for hydroxylation is 1. The predicted molar refractivity (Wildman–Crippen MR) is 100 cm³/mol. The third-order valence-corrected chi connectivity index (χ3v) is 4.18. The Morgan fingerprint density at radius 3 is 2.71 bits per heavy atom. The van der Waals surface area contributed by atoms with Gasteiger partial charge < -0.3 is 5.32 Å². The minimum absolute atomic E-state index is 0.215. The summed E-state index contributed by atoms with van der Waals surface area (Å²) in [6.45, 7) is 1.97. The molecule has 3 rings (SSSR count). The van der Waals surface area contributed by atoms with Gasteiger partial charge in [0.15, 0.2) is 10.2 Å². The van der Waals surface area contributed by atoms with Crippen molar-refractivity contribution in [2.24, 2.45) is 0 Å². The van der Waals surface area contributed by atoms with Gasteiger partial charge in [-0.15, -0.1) is 11.3 Å². The smallest absolute Gasteiger partial charge is 0.257 e. The van der Waals surface area contributed by atoms with E-state index in [1.807, 2.05) is 36.6 Å². The van der Waals surface area contributed by atoms with Crippen molar-refractivity contribution in [1.29, 1.82) is 0 Å². The predicted octanol–water partition coefficient (Wildman–Crippen LogP) is 3.64. The van der Waals surface area contributed by atoms with Crippen LogP contribution in [0, 0.1) is 6.92 Å². The van der Waals surface area contributed by atoms with Gasteiger partial charge in [0.1, 0.15) is 0 Å². The van der Waals surface area contributed by atoms with E-state index in [1.165, 1.54) is 11.3 Å². The molecule has 2 N–H and O–H groups in total. The van der Waals surface area contributed by atoms with Gasteiger partial charge in [0.25, 0.3) is 5.91 Å². The lowest BCUT2D eigenvalue weighted by atomic mass is 10.1. The molecule has 5 nitrogen and oxygen atoms in total. The molecule has 1 amide bonds. The fraction of sp³-hybridized carbons (Fsp3) is 0.0588. The van der Waals surface area contributed by atoms with Gasteiger partial charge in [-0.2, -0.15) is 0 Å². The summed E-state index contributed by atoms with van der Waals surface area (Å²) in [6, 6.07) is 11.1. The number of amides is 1. The molecule has 0 fully saturated rings. The van der Waals surface area contributed by atoms with Gasteiger partial charge in [0.2, 0.25) is 0 Å². The zero-order chi connectivity index (χ0) is 16.9. The van der Waals surface area contributed by atoms with Crippen LogP contribution in [0.4, 0.5) is 5.13 Å². The van der Waals surface area contributed by atoms with Crippen molar-refractivity contribution in [1.82, 2.24) is 15.3 Å². The van der Waals surface area contributed by atoms with E-state index in [0.29, 0.717) is 10.7 Å². The number of hydrogen-bond donors (Lipinski definition) is 2. The second-order valence-electron chi connectivity index (χ2n) is 5.05. The maximum Gasteiger partial charge on any atom is 0.257 e. The van der Waals surface area contributed by atoms with Crippen LogP contribution in [0.3, 0.4) is 0 Å². The molecule has 0 aliphatic heterocycles. The summed E-state index contributed by atoms with van der Waals surface area (Å²) in [7, 11) is 0. The number of aromatic nitrogens is 2. The Hall–Kier alpha value is -2.64. The zero-order valence-electron chi connectivity index (χ0n) is 12.8. The summed E-state index contributed by atoms with van der Waals surface area (Å²) in [5.74, 6) is -0.253. The van der Waals surface area contributed by atoms with Gasteiger partial charge in [0.05, 0.1) is 5.69 Å². The first-order valence-corrected chi connectivity index (χ1v) is 8.45. The fourth-order valence-electron chi connectivity index (χ4n) is 1.99. The highest BCUT2D eigenvalue weighted by Gasteiger charge is 2.10. The number of nitrogens with zero attached hydrogens (tertiary/aromatic N) is 2. The summed E-state index contributed by atoms with van der Waals surface area (Å²) >= 11 is 6.58. The van der Waals surface area contributed by atoms with Crippen LogP contribution in [0.1, 0.15) is 15.9 Å². The lowest BCUT2D eigenvalue weighted by molar-refractivity contribution is 0.0978. The molecule has 3 aromatic rings. The van der Waals surface area contributed by atoms with E-state index in [0.717, 1.165) is 16.8 Å². The first-order valence-electron chi connectivity index (χ1n) is 7.17. The Balaban J connectivity index is 1.62. The summed E-state index contributed by atoms with van der Waals surface area (Å²) in [4.78, 5) is 20.6. The van der Waals surface area contributed by atoms with E-state index >= 15 is 0 Å². The SMILES string of the molecule is Cc1ccc(C(=O)NC(=S)Nc2nc(-c3cccnc3)cs2)cc1. The molecular formula is C17H14N4OS2. The topological polar surface area (TPSA) is 66.9 Å². The molecule has 0 bridgehead atoms. The number of anilines is 1. The minimum Gasteiger partial charge on any atom is -0.308 e. The Kier molecular flexibility index (Phi) is 4.93. The molecular weight excluding hydrogens is 340 g/mol. The molecule has 1 aromatic carbocycles.